The summed E-state index contributed by atoms with van der Waals surface area (Å²) >= 11 is 0. The van der Waals surface area contributed by atoms with Crippen LogP contribution in [-0.4, -0.2) is 49.7 Å². The largest absolute Gasteiger partial charge is 0.379 e. The van der Waals surface area contributed by atoms with Crippen molar-refractivity contribution >= 4 is 5.91 Å². The van der Waals surface area contributed by atoms with Crippen molar-refractivity contribution in [1.82, 2.24) is 10.2 Å². The van der Waals surface area contributed by atoms with Crippen molar-refractivity contribution in [2.45, 2.75) is 46.1 Å². The third-order valence-electron chi connectivity index (χ3n) is 3.34. The lowest BCUT2D eigenvalue weighted by Crippen LogP contribution is -2.41. The fraction of sp³-hybridized carbons (Fsp3) is 0.929. The summed E-state index contributed by atoms with van der Waals surface area (Å²) in [7, 11) is 0. The summed E-state index contributed by atoms with van der Waals surface area (Å²) in [6.45, 7) is 10.4. The molecule has 1 rings (SSSR count). The molecule has 0 aliphatic carbocycles. The lowest BCUT2D eigenvalue weighted by molar-refractivity contribution is -0.122. The molecule has 1 N–H and O–H groups in total. The monoisotopic (exact) mass is 256 g/mol. The number of piperidine rings is 1. The average Bonchev–Trinajstić information content (AvgIpc) is 2.31. The standard InChI is InChI=1S/C14H28N2O2/c1-12(2)18-10-4-7-15-14(17)11-16-8-5-13(3)6-9-16/h12-13H,4-11H2,1-3H3,(H,15,17). The van der Waals surface area contributed by atoms with Crippen LogP contribution in [0.25, 0.3) is 0 Å². The molecule has 0 spiro atoms. The number of hydrogen-bond acceptors (Lipinski definition) is 3. The van der Waals surface area contributed by atoms with Gasteiger partial charge in [-0.3, -0.25) is 9.69 Å². The first-order valence-electron chi connectivity index (χ1n) is 7.18. The van der Waals surface area contributed by atoms with Crippen LogP contribution >= 0.6 is 0 Å². The van der Waals surface area contributed by atoms with Crippen LogP contribution in [0, 0.1) is 5.92 Å². The number of amides is 1. The molecular weight excluding hydrogens is 228 g/mol. The Morgan fingerprint density at radius 3 is 2.67 bits per heavy atom. The summed E-state index contributed by atoms with van der Waals surface area (Å²) in [6.07, 6.45) is 3.60. The van der Waals surface area contributed by atoms with Crippen LogP contribution in [0.1, 0.15) is 40.0 Å². The van der Waals surface area contributed by atoms with E-state index in [0.717, 1.165) is 38.6 Å². The van der Waals surface area contributed by atoms with Gasteiger partial charge in [-0.2, -0.15) is 0 Å². The van der Waals surface area contributed by atoms with Gasteiger partial charge in [-0.15, -0.1) is 0 Å². The van der Waals surface area contributed by atoms with Crippen LogP contribution in [0.15, 0.2) is 0 Å². The smallest absolute Gasteiger partial charge is 0.234 e. The lowest BCUT2D eigenvalue weighted by Gasteiger charge is -2.29. The Hall–Kier alpha value is -0.610. The Balaban J connectivity index is 2.00. The molecule has 4 heteroatoms. The molecule has 106 valence electrons. The molecule has 0 aromatic heterocycles. The van der Waals surface area contributed by atoms with E-state index in [4.69, 9.17) is 4.74 Å². The molecular formula is C14H28N2O2. The number of hydrogen-bond donors (Lipinski definition) is 1. The van der Waals surface area contributed by atoms with Crippen LogP contribution in [0.3, 0.4) is 0 Å². The summed E-state index contributed by atoms with van der Waals surface area (Å²) in [4.78, 5) is 13.9. The fourth-order valence-corrected chi connectivity index (χ4v) is 2.10. The first kappa shape index (κ1) is 15.4. The third kappa shape index (κ3) is 6.97. The average molecular weight is 256 g/mol. The van der Waals surface area contributed by atoms with Gasteiger partial charge in [-0.25, -0.2) is 0 Å². The Labute approximate surface area is 111 Å². The van der Waals surface area contributed by atoms with E-state index < -0.39 is 0 Å². The number of carbonyl (C=O) groups excluding carboxylic acids is 1. The normalized spacial score (nSPS) is 18.2. The highest BCUT2D eigenvalue weighted by Crippen LogP contribution is 2.15. The zero-order valence-electron chi connectivity index (χ0n) is 12.1. The van der Waals surface area contributed by atoms with Crippen molar-refractivity contribution in [3.63, 3.8) is 0 Å². The Kier molecular flexibility index (Phi) is 7.28. The Bertz CT molecular complexity index is 236. The van der Waals surface area contributed by atoms with Gasteiger partial charge in [0.2, 0.25) is 5.91 Å². The van der Waals surface area contributed by atoms with Crippen molar-refractivity contribution in [3.05, 3.63) is 0 Å². The van der Waals surface area contributed by atoms with Crippen LogP contribution in [0.2, 0.25) is 0 Å². The molecule has 0 radical (unpaired) electrons. The molecule has 18 heavy (non-hydrogen) atoms. The Morgan fingerprint density at radius 2 is 2.06 bits per heavy atom. The number of nitrogens with zero attached hydrogens (tertiary/aromatic N) is 1. The van der Waals surface area contributed by atoms with Crippen molar-refractivity contribution in [3.8, 4) is 0 Å². The van der Waals surface area contributed by atoms with E-state index in [1.54, 1.807) is 0 Å². The highest BCUT2D eigenvalue weighted by atomic mass is 16.5. The van der Waals surface area contributed by atoms with Gasteiger partial charge >= 0.3 is 0 Å². The minimum absolute atomic E-state index is 0.147. The number of rotatable bonds is 7. The molecule has 1 amide bonds. The predicted molar refractivity (Wildman–Crippen MR) is 73.6 cm³/mol. The molecule has 1 aliphatic rings. The van der Waals surface area contributed by atoms with E-state index in [0.29, 0.717) is 6.54 Å². The SMILES string of the molecule is CC1CCN(CC(=O)NCCCOC(C)C)CC1. The Morgan fingerprint density at radius 1 is 1.39 bits per heavy atom. The maximum Gasteiger partial charge on any atom is 0.234 e. The van der Waals surface area contributed by atoms with E-state index in [2.05, 4.69) is 17.1 Å². The first-order chi connectivity index (χ1) is 8.58. The zero-order valence-corrected chi connectivity index (χ0v) is 12.1. The number of nitrogens with one attached hydrogen (secondary N) is 1. The van der Waals surface area contributed by atoms with Gasteiger partial charge in [0, 0.05) is 13.2 Å². The minimum atomic E-state index is 0.147. The summed E-state index contributed by atoms with van der Waals surface area (Å²) in [5, 5.41) is 2.95. The molecule has 0 atom stereocenters. The van der Waals surface area contributed by atoms with Crippen molar-refractivity contribution < 1.29 is 9.53 Å². The number of likely N-dealkylation sites (tertiary alicyclic amines) is 1. The second kappa shape index (κ2) is 8.48. The minimum Gasteiger partial charge on any atom is -0.379 e. The second-order valence-electron chi connectivity index (χ2n) is 5.58. The molecule has 1 heterocycles. The number of carbonyl (C=O) groups is 1. The molecule has 4 nitrogen and oxygen atoms in total. The van der Waals surface area contributed by atoms with E-state index in [1.165, 1.54) is 12.8 Å². The first-order valence-corrected chi connectivity index (χ1v) is 7.18. The molecule has 0 aromatic rings. The fourth-order valence-electron chi connectivity index (χ4n) is 2.10. The molecule has 1 fully saturated rings. The summed E-state index contributed by atoms with van der Waals surface area (Å²) in [6, 6.07) is 0. The molecule has 0 bridgehead atoms. The highest BCUT2D eigenvalue weighted by molar-refractivity contribution is 5.77. The lowest BCUT2D eigenvalue weighted by atomic mass is 9.99. The molecule has 1 aliphatic heterocycles. The zero-order chi connectivity index (χ0) is 13.4. The van der Waals surface area contributed by atoms with Gasteiger partial charge in [-0.1, -0.05) is 6.92 Å². The molecule has 1 saturated heterocycles. The van der Waals surface area contributed by atoms with Crippen molar-refractivity contribution in [2.75, 3.05) is 32.8 Å². The van der Waals surface area contributed by atoms with Crippen molar-refractivity contribution in [2.24, 2.45) is 5.92 Å². The third-order valence-corrected chi connectivity index (χ3v) is 3.34. The molecule has 0 saturated carbocycles. The highest BCUT2D eigenvalue weighted by Gasteiger charge is 2.17. The number of ether oxygens (including phenoxy) is 1. The topological polar surface area (TPSA) is 41.6 Å². The summed E-state index contributed by atoms with van der Waals surface area (Å²) in [5.41, 5.74) is 0. The van der Waals surface area contributed by atoms with Gasteiger partial charge in [-0.05, 0) is 52.1 Å². The van der Waals surface area contributed by atoms with Gasteiger partial charge in [0.05, 0.1) is 12.6 Å². The van der Waals surface area contributed by atoms with Crippen molar-refractivity contribution in [1.29, 1.82) is 0 Å². The van der Waals surface area contributed by atoms with Crippen LogP contribution in [-0.2, 0) is 9.53 Å². The summed E-state index contributed by atoms with van der Waals surface area (Å²) < 4.78 is 5.42. The van der Waals surface area contributed by atoms with E-state index >= 15 is 0 Å². The van der Waals surface area contributed by atoms with Gasteiger partial charge in [0.25, 0.3) is 0 Å². The van der Waals surface area contributed by atoms with Gasteiger partial charge < -0.3 is 10.1 Å². The summed E-state index contributed by atoms with van der Waals surface area (Å²) in [5.74, 6) is 0.964. The molecule has 0 aromatic carbocycles. The van der Waals surface area contributed by atoms with E-state index in [1.807, 2.05) is 13.8 Å². The van der Waals surface area contributed by atoms with Gasteiger partial charge in [0.15, 0.2) is 0 Å². The molecule has 0 unspecified atom stereocenters. The van der Waals surface area contributed by atoms with E-state index in [-0.39, 0.29) is 12.0 Å². The van der Waals surface area contributed by atoms with Gasteiger partial charge in [0.1, 0.15) is 0 Å². The van der Waals surface area contributed by atoms with Crippen LogP contribution in [0.4, 0.5) is 0 Å². The predicted octanol–water partition coefficient (Wildman–Crippen LogP) is 1.65. The maximum absolute atomic E-state index is 11.7. The maximum atomic E-state index is 11.7. The second-order valence-corrected chi connectivity index (χ2v) is 5.58. The van der Waals surface area contributed by atoms with Crippen LogP contribution < -0.4 is 5.32 Å². The van der Waals surface area contributed by atoms with E-state index in [9.17, 15) is 4.79 Å². The quantitative estimate of drug-likeness (QED) is 0.704. The van der Waals surface area contributed by atoms with Crippen LogP contribution in [0.5, 0.6) is 0 Å².